The average molecular weight is 452 g/mol. The van der Waals surface area contributed by atoms with Gasteiger partial charge in [-0.1, -0.05) is 30.3 Å². The van der Waals surface area contributed by atoms with Gasteiger partial charge in [-0.15, -0.1) is 12.4 Å². The summed E-state index contributed by atoms with van der Waals surface area (Å²) in [7, 11) is 0. The van der Waals surface area contributed by atoms with Crippen molar-refractivity contribution in [3.63, 3.8) is 0 Å². The predicted octanol–water partition coefficient (Wildman–Crippen LogP) is 5.46. The Kier molecular flexibility index (Phi) is 6.49. The van der Waals surface area contributed by atoms with Crippen molar-refractivity contribution in [3.8, 4) is 16.9 Å². The molecule has 1 aliphatic heterocycles. The minimum Gasteiger partial charge on any atom is -0.490 e. The molecule has 31 heavy (non-hydrogen) atoms. The Bertz CT molecular complexity index is 1160. The minimum atomic E-state index is 0. The van der Waals surface area contributed by atoms with E-state index in [0.717, 1.165) is 40.6 Å². The predicted molar refractivity (Wildman–Crippen MR) is 126 cm³/mol. The monoisotopic (exact) mass is 451 g/mol. The molecule has 158 valence electrons. The summed E-state index contributed by atoms with van der Waals surface area (Å²) < 4.78 is 10.3. The van der Waals surface area contributed by atoms with Gasteiger partial charge in [-0.2, -0.15) is 4.37 Å². The third-order valence-corrected chi connectivity index (χ3v) is 6.03. The number of halogens is 1. The van der Waals surface area contributed by atoms with Crippen molar-refractivity contribution >= 4 is 40.7 Å². The number of likely N-dealkylation sites (tertiary alicyclic amines) is 1. The van der Waals surface area contributed by atoms with E-state index in [1.165, 1.54) is 11.5 Å². The number of nitrogens with zero attached hydrogens (tertiary/aromatic N) is 3. The van der Waals surface area contributed by atoms with Gasteiger partial charge in [0.15, 0.2) is 0 Å². The highest BCUT2D eigenvalue weighted by atomic mass is 35.5. The first-order chi connectivity index (χ1) is 14.8. The van der Waals surface area contributed by atoms with Crippen LogP contribution < -0.4 is 4.74 Å². The van der Waals surface area contributed by atoms with Gasteiger partial charge in [-0.3, -0.25) is 9.78 Å². The summed E-state index contributed by atoms with van der Waals surface area (Å²) in [6.07, 6.45) is 3.68. The van der Waals surface area contributed by atoms with E-state index in [9.17, 15) is 4.79 Å². The molecule has 0 radical (unpaired) electrons. The number of fused-ring (bicyclic) bond motifs is 1. The Morgan fingerprint density at radius 2 is 1.77 bits per heavy atom. The van der Waals surface area contributed by atoms with E-state index in [1.807, 2.05) is 46.8 Å². The number of carbonyl (C=O) groups is 1. The molecule has 0 atom stereocenters. The van der Waals surface area contributed by atoms with Crippen LogP contribution in [0.3, 0.4) is 0 Å². The molecule has 1 amide bonds. The second-order valence-corrected chi connectivity index (χ2v) is 8.10. The second-order valence-electron chi connectivity index (χ2n) is 7.44. The van der Waals surface area contributed by atoms with Gasteiger partial charge in [0.2, 0.25) is 0 Å². The van der Waals surface area contributed by atoms with E-state index >= 15 is 0 Å². The zero-order valence-electron chi connectivity index (χ0n) is 16.8. The van der Waals surface area contributed by atoms with Crippen LogP contribution in [0.4, 0.5) is 0 Å². The molecule has 5 nitrogen and oxygen atoms in total. The maximum absolute atomic E-state index is 12.4. The molecule has 0 unspecified atom stereocenters. The van der Waals surface area contributed by atoms with Crippen LogP contribution in [0.15, 0.2) is 72.2 Å². The molecule has 1 fully saturated rings. The summed E-state index contributed by atoms with van der Waals surface area (Å²) in [6.45, 7) is 1.39. The lowest BCUT2D eigenvalue weighted by molar-refractivity contribution is 0.0591. The fraction of sp³-hybridized carbons (Fsp3) is 0.208. The van der Waals surface area contributed by atoms with Gasteiger partial charge >= 0.3 is 0 Å². The molecule has 0 aliphatic carbocycles. The first-order valence-electron chi connectivity index (χ1n) is 10.1. The van der Waals surface area contributed by atoms with Crippen LogP contribution in [0.25, 0.3) is 22.0 Å². The van der Waals surface area contributed by atoms with Crippen LogP contribution >= 0.6 is 23.9 Å². The Balaban J connectivity index is 0.00000231. The molecule has 0 bridgehead atoms. The lowest BCUT2D eigenvalue weighted by Crippen LogP contribution is -2.41. The van der Waals surface area contributed by atoms with E-state index in [2.05, 4.69) is 33.6 Å². The largest absolute Gasteiger partial charge is 0.490 e. The smallest absolute Gasteiger partial charge is 0.273 e. The minimum absolute atomic E-state index is 0. The first-order valence-corrected chi connectivity index (χ1v) is 10.9. The van der Waals surface area contributed by atoms with Crippen LogP contribution in [0, 0.1) is 0 Å². The van der Waals surface area contributed by atoms with Crippen LogP contribution in [0.1, 0.15) is 23.3 Å². The van der Waals surface area contributed by atoms with E-state index in [0.29, 0.717) is 18.8 Å². The number of ether oxygens (including phenoxy) is 1. The van der Waals surface area contributed by atoms with Crippen molar-refractivity contribution in [2.75, 3.05) is 13.1 Å². The van der Waals surface area contributed by atoms with Gasteiger partial charge in [0.1, 0.15) is 17.5 Å². The third kappa shape index (κ3) is 4.70. The SMILES string of the molecule is Cl.O=C(c1ccsn1)N1CCC(Oc2ccc(-c3cnc4ccccc4c3)cc2)CC1. The van der Waals surface area contributed by atoms with Gasteiger partial charge in [0.25, 0.3) is 5.91 Å². The molecule has 5 rings (SSSR count). The molecule has 1 aliphatic rings. The lowest BCUT2D eigenvalue weighted by atomic mass is 10.0. The van der Waals surface area contributed by atoms with Crippen molar-refractivity contribution in [1.29, 1.82) is 0 Å². The van der Waals surface area contributed by atoms with Gasteiger partial charge in [0.05, 0.1) is 5.52 Å². The molecule has 7 heteroatoms. The van der Waals surface area contributed by atoms with Gasteiger partial charge < -0.3 is 9.64 Å². The van der Waals surface area contributed by atoms with Crippen LogP contribution in [-0.2, 0) is 0 Å². The Labute approximate surface area is 191 Å². The van der Waals surface area contributed by atoms with E-state index in [-0.39, 0.29) is 24.4 Å². The molecule has 0 saturated carbocycles. The second kappa shape index (κ2) is 9.45. The first kappa shape index (κ1) is 21.3. The molecule has 0 N–H and O–H groups in total. The lowest BCUT2D eigenvalue weighted by Gasteiger charge is -2.31. The highest BCUT2D eigenvalue weighted by Gasteiger charge is 2.25. The molecule has 2 aromatic heterocycles. The van der Waals surface area contributed by atoms with E-state index < -0.39 is 0 Å². The number of rotatable bonds is 4. The molecular weight excluding hydrogens is 430 g/mol. The summed E-state index contributed by atoms with van der Waals surface area (Å²) in [5.74, 6) is 0.875. The zero-order valence-corrected chi connectivity index (χ0v) is 18.4. The number of para-hydroxylation sites is 1. The quantitative estimate of drug-likeness (QED) is 0.413. The van der Waals surface area contributed by atoms with Crippen LogP contribution in [0.2, 0.25) is 0 Å². The molecular formula is C24H22ClN3O2S. The number of piperidine rings is 1. The Morgan fingerprint density at radius 3 is 2.52 bits per heavy atom. The summed E-state index contributed by atoms with van der Waals surface area (Å²) >= 11 is 1.31. The maximum atomic E-state index is 12.4. The summed E-state index contributed by atoms with van der Waals surface area (Å²) in [5, 5.41) is 2.97. The van der Waals surface area contributed by atoms with Crippen molar-refractivity contribution in [2.24, 2.45) is 0 Å². The maximum Gasteiger partial charge on any atom is 0.273 e. The fourth-order valence-electron chi connectivity index (χ4n) is 3.81. The number of carbonyl (C=O) groups excluding carboxylic acids is 1. The van der Waals surface area contributed by atoms with Gasteiger partial charge in [-0.25, -0.2) is 0 Å². The standard InChI is InChI=1S/C24H21N3O2S.ClH/c28-24(23-11-14-30-26-23)27-12-9-21(10-13-27)29-20-7-5-17(6-8-20)19-15-18-3-1-2-4-22(18)25-16-19;/h1-8,11,14-16,21H,9-10,12-13H2;1H. The highest BCUT2D eigenvalue weighted by Crippen LogP contribution is 2.26. The van der Waals surface area contributed by atoms with Crippen molar-refractivity contribution in [1.82, 2.24) is 14.3 Å². The number of aromatic nitrogens is 2. The van der Waals surface area contributed by atoms with Crippen LogP contribution in [0.5, 0.6) is 5.75 Å². The topological polar surface area (TPSA) is 55.3 Å². The van der Waals surface area contributed by atoms with Crippen molar-refractivity contribution in [3.05, 3.63) is 77.9 Å². The fourth-order valence-corrected chi connectivity index (χ4v) is 4.31. The molecule has 2 aromatic carbocycles. The van der Waals surface area contributed by atoms with Gasteiger partial charge in [0, 0.05) is 48.5 Å². The number of pyridine rings is 1. The van der Waals surface area contributed by atoms with Crippen molar-refractivity contribution < 1.29 is 9.53 Å². The summed E-state index contributed by atoms with van der Waals surface area (Å²) in [4.78, 5) is 18.8. The summed E-state index contributed by atoms with van der Waals surface area (Å²) in [6, 6.07) is 20.2. The highest BCUT2D eigenvalue weighted by molar-refractivity contribution is 7.03. The Hall–Kier alpha value is -2.96. The number of hydrogen-bond acceptors (Lipinski definition) is 5. The van der Waals surface area contributed by atoms with E-state index in [1.54, 1.807) is 6.07 Å². The average Bonchev–Trinajstić information content (AvgIpc) is 3.34. The molecule has 4 aromatic rings. The van der Waals surface area contributed by atoms with Crippen LogP contribution in [-0.4, -0.2) is 39.4 Å². The van der Waals surface area contributed by atoms with Gasteiger partial charge in [-0.05, 0) is 47.4 Å². The van der Waals surface area contributed by atoms with Crippen molar-refractivity contribution in [2.45, 2.75) is 18.9 Å². The number of amides is 1. The Morgan fingerprint density at radius 1 is 1.00 bits per heavy atom. The normalized spacial score (nSPS) is 14.3. The summed E-state index contributed by atoms with van der Waals surface area (Å²) in [5.41, 5.74) is 3.75. The number of hydrogen-bond donors (Lipinski definition) is 0. The molecule has 3 heterocycles. The molecule has 1 saturated heterocycles. The number of benzene rings is 2. The zero-order chi connectivity index (χ0) is 20.3. The van der Waals surface area contributed by atoms with E-state index in [4.69, 9.17) is 4.74 Å². The third-order valence-electron chi connectivity index (χ3n) is 5.47. The molecule has 0 spiro atoms.